The van der Waals surface area contributed by atoms with Crippen molar-refractivity contribution in [3.8, 4) is 5.75 Å². The maximum absolute atomic E-state index is 12.9. The standard InChI is InChI=1S/C40H47ClN2O5/c1-26(24-47-35-13-18-42-34-9-3-6-27(2)37(34)35)20-30-22-29-12-11-28(25-48-36-10-5-19-46-36)21-33(29)39(30)14-16-40(17-15-39,38(44)45)43-32-8-4-7-31(41)23-32/h4,7-8,11-13,18,21-23,26-27,36,43H,3,5-6,9-10,14-17,19-20,24-25H2,1-2H3,(H,44,45)/t26-,27-,36?,39?,40?/m1/s1. The molecule has 4 aliphatic rings. The zero-order chi connectivity index (χ0) is 33.3. The Morgan fingerprint density at radius 3 is 2.75 bits per heavy atom. The number of aliphatic carboxylic acids is 1. The van der Waals surface area contributed by atoms with Crippen LogP contribution in [-0.2, 0) is 32.7 Å². The maximum Gasteiger partial charge on any atom is 0.329 e. The fourth-order valence-electron chi connectivity index (χ4n) is 8.52. The van der Waals surface area contributed by atoms with Gasteiger partial charge in [0.1, 0.15) is 11.3 Å². The molecule has 48 heavy (non-hydrogen) atoms. The number of aromatic nitrogens is 1. The van der Waals surface area contributed by atoms with Gasteiger partial charge >= 0.3 is 5.97 Å². The van der Waals surface area contributed by atoms with Gasteiger partial charge in [-0.3, -0.25) is 4.98 Å². The first-order chi connectivity index (χ1) is 23.2. The molecular weight excluding hydrogens is 624 g/mol. The van der Waals surface area contributed by atoms with Crippen molar-refractivity contribution in [1.29, 1.82) is 0 Å². The number of ether oxygens (including phenoxy) is 3. The van der Waals surface area contributed by atoms with Gasteiger partial charge in [-0.25, -0.2) is 4.79 Å². The fraction of sp³-hybridized carbons (Fsp3) is 0.500. The molecule has 1 saturated carbocycles. The molecule has 0 radical (unpaired) electrons. The van der Waals surface area contributed by atoms with Crippen molar-refractivity contribution >= 4 is 29.3 Å². The molecule has 2 aromatic carbocycles. The van der Waals surface area contributed by atoms with Gasteiger partial charge in [0.2, 0.25) is 0 Å². The molecule has 254 valence electrons. The predicted octanol–water partition coefficient (Wildman–Crippen LogP) is 9.08. The number of nitrogens with one attached hydrogen (secondary N) is 1. The third-order valence-corrected chi connectivity index (χ3v) is 11.4. The van der Waals surface area contributed by atoms with Crippen LogP contribution >= 0.6 is 11.6 Å². The zero-order valence-corrected chi connectivity index (χ0v) is 28.9. The van der Waals surface area contributed by atoms with Crippen molar-refractivity contribution in [2.45, 2.75) is 108 Å². The van der Waals surface area contributed by atoms with Crippen molar-refractivity contribution in [2.24, 2.45) is 5.92 Å². The van der Waals surface area contributed by atoms with Crippen LogP contribution in [0, 0.1) is 5.92 Å². The van der Waals surface area contributed by atoms with Gasteiger partial charge in [-0.05, 0) is 111 Å². The molecule has 3 aromatic rings. The number of hydrogen-bond donors (Lipinski definition) is 2. The van der Waals surface area contributed by atoms with E-state index < -0.39 is 11.5 Å². The number of anilines is 1. The van der Waals surface area contributed by atoms with Crippen molar-refractivity contribution in [3.05, 3.63) is 93.3 Å². The second-order valence-corrected chi connectivity index (χ2v) is 15.0. The zero-order valence-electron chi connectivity index (χ0n) is 28.1. The van der Waals surface area contributed by atoms with Crippen LogP contribution in [0.5, 0.6) is 5.75 Å². The number of nitrogens with zero attached hydrogens (tertiary/aromatic N) is 1. The molecule has 1 unspecified atom stereocenters. The third-order valence-electron chi connectivity index (χ3n) is 11.1. The molecule has 1 saturated heterocycles. The molecule has 0 amide bonds. The number of hydrogen-bond acceptors (Lipinski definition) is 6. The average molecular weight is 671 g/mol. The van der Waals surface area contributed by atoms with Crippen molar-refractivity contribution in [2.75, 3.05) is 18.5 Å². The van der Waals surface area contributed by atoms with Gasteiger partial charge in [-0.2, -0.15) is 0 Å². The molecule has 1 aliphatic heterocycles. The molecule has 1 spiro atoms. The van der Waals surface area contributed by atoms with Crippen LogP contribution in [0.3, 0.4) is 0 Å². The first-order valence-corrected chi connectivity index (χ1v) is 18.1. The highest BCUT2D eigenvalue weighted by Crippen LogP contribution is 2.55. The van der Waals surface area contributed by atoms with Crippen LogP contribution in [-0.4, -0.2) is 41.1 Å². The first kappa shape index (κ1) is 33.1. The molecule has 3 aliphatic carbocycles. The summed E-state index contributed by atoms with van der Waals surface area (Å²) in [5.74, 6) is 0.878. The topological polar surface area (TPSA) is 89.9 Å². The smallest absolute Gasteiger partial charge is 0.329 e. The molecular formula is C40H47ClN2O5. The second kappa shape index (κ2) is 13.9. The highest BCUT2D eigenvalue weighted by molar-refractivity contribution is 6.30. The number of pyridine rings is 1. The molecule has 7 rings (SSSR count). The average Bonchev–Trinajstić information content (AvgIpc) is 3.70. The van der Waals surface area contributed by atoms with Crippen molar-refractivity contribution < 1.29 is 24.1 Å². The lowest BCUT2D eigenvalue weighted by atomic mass is 9.61. The summed E-state index contributed by atoms with van der Waals surface area (Å²) in [6.45, 7) is 6.41. The van der Waals surface area contributed by atoms with Crippen LogP contribution in [0.15, 0.2) is 60.3 Å². The van der Waals surface area contributed by atoms with E-state index in [9.17, 15) is 9.90 Å². The number of carbonyl (C=O) groups is 1. The van der Waals surface area contributed by atoms with E-state index in [-0.39, 0.29) is 17.6 Å². The molecule has 0 bridgehead atoms. The van der Waals surface area contributed by atoms with E-state index in [1.165, 1.54) is 40.8 Å². The number of allylic oxidation sites excluding steroid dienone is 1. The Balaban J connectivity index is 1.13. The fourth-order valence-corrected chi connectivity index (χ4v) is 8.71. The summed E-state index contributed by atoms with van der Waals surface area (Å²) in [5.41, 5.74) is 6.88. The van der Waals surface area contributed by atoms with E-state index in [1.54, 1.807) is 12.1 Å². The molecule has 2 N–H and O–H groups in total. The van der Waals surface area contributed by atoms with Gasteiger partial charge < -0.3 is 24.6 Å². The number of fused-ring (bicyclic) bond motifs is 3. The number of carboxylic acids is 1. The Morgan fingerprint density at radius 1 is 1.12 bits per heavy atom. The summed E-state index contributed by atoms with van der Waals surface area (Å²) in [4.78, 5) is 17.6. The Kier molecular flexibility index (Phi) is 9.56. The van der Waals surface area contributed by atoms with E-state index in [0.29, 0.717) is 37.0 Å². The summed E-state index contributed by atoms with van der Waals surface area (Å²) >= 11 is 6.27. The van der Waals surface area contributed by atoms with Crippen LogP contribution in [0.4, 0.5) is 5.69 Å². The molecule has 8 heteroatoms. The minimum atomic E-state index is -1.07. The molecule has 3 atom stereocenters. The predicted molar refractivity (Wildman–Crippen MR) is 189 cm³/mol. The monoisotopic (exact) mass is 670 g/mol. The number of aryl methyl sites for hydroxylation is 1. The van der Waals surface area contributed by atoms with Gasteiger partial charge in [0, 0.05) is 46.6 Å². The molecule has 2 fully saturated rings. The van der Waals surface area contributed by atoms with E-state index in [2.05, 4.69) is 48.4 Å². The normalized spacial score (nSPS) is 26.9. The van der Waals surface area contributed by atoms with Gasteiger partial charge in [-0.1, -0.05) is 61.4 Å². The Labute approximate surface area is 289 Å². The largest absolute Gasteiger partial charge is 0.493 e. The first-order valence-electron chi connectivity index (χ1n) is 17.7. The Morgan fingerprint density at radius 2 is 1.98 bits per heavy atom. The van der Waals surface area contributed by atoms with Gasteiger partial charge in [0.15, 0.2) is 6.29 Å². The number of rotatable bonds is 11. The lowest BCUT2D eigenvalue weighted by Gasteiger charge is -2.46. The minimum Gasteiger partial charge on any atom is -0.493 e. The highest BCUT2D eigenvalue weighted by Gasteiger charge is 2.51. The van der Waals surface area contributed by atoms with Crippen LogP contribution in [0.1, 0.15) is 106 Å². The maximum atomic E-state index is 12.9. The van der Waals surface area contributed by atoms with Crippen LogP contribution < -0.4 is 10.1 Å². The van der Waals surface area contributed by atoms with E-state index in [4.69, 9.17) is 25.8 Å². The summed E-state index contributed by atoms with van der Waals surface area (Å²) < 4.78 is 18.4. The Bertz CT molecular complexity index is 1670. The summed E-state index contributed by atoms with van der Waals surface area (Å²) in [6, 6.07) is 16.0. The van der Waals surface area contributed by atoms with Gasteiger partial charge in [0.25, 0.3) is 0 Å². The van der Waals surface area contributed by atoms with Crippen molar-refractivity contribution in [1.82, 2.24) is 4.98 Å². The van der Waals surface area contributed by atoms with Crippen molar-refractivity contribution in [3.63, 3.8) is 0 Å². The van der Waals surface area contributed by atoms with E-state index in [1.807, 2.05) is 24.4 Å². The lowest BCUT2D eigenvalue weighted by molar-refractivity contribution is -0.143. The lowest BCUT2D eigenvalue weighted by Crippen LogP contribution is -2.52. The summed E-state index contributed by atoms with van der Waals surface area (Å²) in [7, 11) is 0. The third kappa shape index (κ3) is 6.61. The molecule has 7 nitrogen and oxygen atoms in total. The minimum absolute atomic E-state index is 0.140. The number of carboxylic acid groups (broad SMARTS) is 1. The van der Waals surface area contributed by atoms with E-state index >= 15 is 0 Å². The molecule has 1 aromatic heterocycles. The highest BCUT2D eigenvalue weighted by atomic mass is 35.5. The molecule has 2 heterocycles. The summed E-state index contributed by atoms with van der Waals surface area (Å²) in [5, 5.41) is 14.6. The van der Waals surface area contributed by atoms with Crippen LogP contribution in [0.25, 0.3) is 6.08 Å². The second-order valence-electron chi connectivity index (χ2n) is 14.5. The number of benzene rings is 2. The number of halogens is 1. The van der Waals surface area contributed by atoms with Gasteiger partial charge in [-0.15, -0.1) is 0 Å². The quantitative estimate of drug-likeness (QED) is 0.210. The van der Waals surface area contributed by atoms with Gasteiger partial charge in [0.05, 0.1) is 13.2 Å². The summed E-state index contributed by atoms with van der Waals surface area (Å²) in [6.07, 6.45) is 12.8. The Hall–Kier alpha value is -3.39. The van der Waals surface area contributed by atoms with Crippen LogP contribution in [0.2, 0.25) is 5.02 Å². The van der Waals surface area contributed by atoms with E-state index in [0.717, 1.165) is 62.1 Å². The SMILES string of the molecule is C[C@@H](COc1ccnc2c1[C@H](C)CCC2)CC1=Cc2ccc(COC3CCCO3)cc2C12CCC(Nc1cccc(Cl)c1)(C(=O)O)CC2.